The number of hydrogen-bond donors (Lipinski definition) is 1. The number of hydrogen-bond acceptors (Lipinski definition) is 1. The minimum absolute atomic E-state index is 0.0470. The Morgan fingerprint density at radius 2 is 2.00 bits per heavy atom. The number of halogens is 2. The van der Waals surface area contributed by atoms with Gasteiger partial charge in [-0.3, -0.25) is 4.79 Å². The molecule has 2 aromatic rings. The summed E-state index contributed by atoms with van der Waals surface area (Å²) in [6, 6.07) is 7.40. The van der Waals surface area contributed by atoms with Gasteiger partial charge >= 0.3 is 0 Å². The van der Waals surface area contributed by atoms with Crippen molar-refractivity contribution in [1.82, 2.24) is 4.98 Å². The predicted octanol–water partition coefficient (Wildman–Crippen LogP) is 4.31. The third-order valence-corrected chi connectivity index (χ3v) is 3.41. The van der Waals surface area contributed by atoms with E-state index >= 15 is 0 Å². The number of aromatic amines is 1. The highest BCUT2D eigenvalue weighted by molar-refractivity contribution is 6.35. The fourth-order valence-electron chi connectivity index (χ4n) is 1.79. The summed E-state index contributed by atoms with van der Waals surface area (Å²) >= 11 is 12.0. The molecule has 18 heavy (non-hydrogen) atoms. The molecule has 0 spiro atoms. The van der Waals surface area contributed by atoms with Crippen LogP contribution in [0.25, 0.3) is 0 Å². The summed E-state index contributed by atoms with van der Waals surface area (Å²) in [5, 5.41) is 1.33. The maximum atomic E-state index is 11.2. The summed E-state index contributed by atoms with van der Waals surface area (Å²) in [7, 11) is 0. The van der Waals surface area contributed by atoms with E-state index in [4.69, 9.17) is 23.2 Å². The summed E-state index contributed by atoms with van der Waals surface area (Å²) in [4.78, 5) is 14.1. The van der Waals surface area contributed by atoms with Crippen LogP contribution in [-0.4, -0.2) is 10.8 Å². The Labute approximate surface area is 116 Å². The van der Waals surface area contributed by atoms with Crippen molar-refractivity contribution in [3.8, 4) is 0 Å². The van der Waals surface area contributed by atoms with Gasteiger partial charge in [0.25, 0.3) is 0 Å². The lowest BCUT2D eigenvalue weighted by molar-refractivity contribution is 0.101. The first kappa shape index (κ1) is 13.2. The first-order valence-corrected chi connectivity index (χ1v) is 6.44. The number of Topliss-reactive ketones (excluding diaryl/α,β-unsaturated/α-hetero) is 1. The summed E-state index contributed by atoms with van der Waals surface area (Å²) < 4.78 is 0. The molecule has 0 radical (unpaired) electrons. The van der Waals surface area contributed by atoms with Gasteiger partial charge in [0.05, 0.1) is 5.69 Å². The van der Waals surface area contributed by atoms with E-state index in [-0.39, 0.29) is 5.78 Å². The van der Waals surface area contributed by atoms with Gasteiger partial charge < -0.3 is 4.98 Å². The van der Waals surface area contributed by atoms with Crippen LogP contribution in [-0.2, 0) is 12.8 Å². The summed E-state index contributed by atoms with van der Waals surface area (Å²) in [5.74, 6) is 0.0470. The average molecular weight is 282 g/mol. The highest BCUT2D eigenvalue weighted by Gasteiger charge is 2.05. The van der Waals surface area contributed by atoms with Crippen molar-refractivity contribution in [3.63, 3.8) is 0 Å². The van der Waals surface area contributed by atoms with Crippen LogP contribution in [0, 0.1) is 0 Å². The number of nitrogens with one attached hydrogen (secondary N) is 1. The number of ketones is 1. The Bertz CT molecular complexity index is 575. The van der Waals surface area contributed by atoms with Gasteiger partial charge in [-0.25, -0.2) is 0 Å². The first-order chi connectivity index (χ1) is 8.56. The van der Waals surface area contributed by atoms with Crippen LogP contribution in [0.3, 0.4) is 0 Å². The molecule has 0 aliphatic rings. The van der Waals surface area contributed by atoms with E-state index in [0.29, 0.717) is 15.7 Å². The van der Waals surface area contributed by atoms with Gasteiger partial charge in [-0.15, -0.1) is 0 Å². The smallest absolute Gasteiger partial charge is 0.175 e. The Balaban J connectivity index is 2.04. The normalized spacial score (nSPS) is 10.6. The number of rotatable bonds is 4. The maximum Gasteiger partial charge on any atom is 0.175 e. The van der Waals surface area contributed by atoms with Crippen LogP contribution in [0.4, 0.5) is 0 Å². The third kappa shape index (κ3) is 3.15. The van der Waals surface area contributed by atoms with Crippen molar-refractivity contribution >= 4 is 29.0 Å². The standard InChI is InChI=1S/C14H13Cl2NO/c1-9(18)14-6-10(8-17-14)2-3-11-4-5-12(15)7-13(11)16/h4-8,17H,2-3H2,1H3. The number of H-pyrrole nitrogens is 1. The van der Waals surface area contributed by atoms with Crippen molar-refractivity contribution in [1.29, 1.82) is 0 Å². The lowest BCUT2D eigenvalue weighted by atomic mass is 10.1. The second kappa shape index (κ2) is 5.59. The minimum Gasteiger partial charge on any atom is -0.359 e. The van der Waals surface area contributed by atoms with E-state index in [2.05, 4.69) is 4.98 Å². The molecule has 0 saturated carbocycles. The highest BCUT2D eigenvalue weighted by atomic mass is 35.5. The van der Waals surface area contributed by atoms with Crippen molar-refractivity contribution in [2.24, 2.45) is 0 Å². The number of benzene rings is 1. The molecule has 0 fully saturated rings. The monoisotopic (exact) mass is 281 g/mol. The second-order valence-electron chi connectivity index (χ2n) is 4.21. The van der Waals surface area contributed by atoms with E-state index in [1.165, 1.54) is 0 Å². The van der Waals surface area contributed by atoms with Gasteiger partial charge in [-0.2, -0.15) is 0 Å². The van der Waals surface area contributed by atoms with Crippen molar-refractivity contribution < 1.29 is 4.79 Å². The molecule has 1 N–H and O–H groups in total. The van der Waals surface area contributed by atoms with E-state index in [0.717, 1.165) is 24.0 Å². The SMILES string of the molecule is CC(=O)c1cc(CCc2ccc(Cl)cc2Cl)c[nH]1. The predicted molar refractivity (Wildman–Crippen MR) is 74.7 cm³/mol. The number of carbonyl (C=O) groups is 1. The first-order valence-electron chi connectivity index (χ1n) is 5.68. The fourth-order valence-corrected chi connectivity index (χ4v) is 2.29. The zero-order valence-electron chi connectivity index (χ0n) is 9.97. The second-order valence-corrected chi connectivity index (χ2v) is 5.06. The molecular weight excluding hydrogens is 269 g/mol. The van der Waals surface area contributed by atoms with Crippen LogP contribution in [0.15, 0.2) is 30.5 Å². The molecule has 1 heterocycles. The molecule has 0 unspecified atom stereocenters. The molecule has 0 aliphatic carbocycles. The van der Waals surface area contributed by atoms with Gasteiger partial charge in [0.15, 0.2) is 5.78 Å². The minimum atomic E-state index is 0.0470. The highest BCUT2D eigenvalue weighted by Crippen LogP contribution is 2.22. The van der Waals surface area contributed by atoms with E-state index in [1.807, 2.05) is 24.4 Å². The van der Waals surface area contributed by atoms with Crippen LogP contribution in [0.2, 0.25) is 10.0 Å². The van der Waals surface area contributed by atoms with Crippen LogP contribution in [0.5, 0.6) is 0 Å². The fraction of sp³-hybridized carbons (Fsp3) is 0.214. The molecule has 94 valence electrons. The van der Waals surface area contributed by atoms with E-state index < -0.39 is 0 Å². The van der Waals surface area contributed by atoms with Crippen LogP contribution in [0.1, 0.15) is 28.5 Å². The zero-order valence-corrected chi connectivity index (χ0v) is 11.5. The quantitative estimate of drug-likeness (QED) is 0.833. The number of aryl methyl sites for hydroxylation is 2. The average Bonchev–Trinajstić information content (AvgIpc) is 2.76. The molecule has 2 nitrogen and oxygen atoms in total. The molecule has 0 saturated heterocycles. The molecule has 2 rings (SSSR count). The summed E-state index contributed by atoms with van der Waals surface area (Å²) in [5.41, 5.74) is 2.81. The van der Waals surface area contributed by atoms with Gasteiger partial charge in [-0.05, 0) is 42.2 Å². The summed E-state index contributed by atoms with van der Waals surface area (Å²) in [6.45, 7) is 1.55. The van der Waals surface area contributed by atoms with Gasteiger partial charge in [-0.1, -0.05) is 29.3 Å². The Morgan fingerprint density at radius 1 is 1.22 bits per heavy atom. The van der Waals surface area contributed by atoms with E-state index in [1.54, 1.807) is 13.0 Å². The largest absolute Gasteiger partial charge is 0.359 e. The lowest BCUT2D eigenvalue weighted by Crippen LogP contribution is -1.92. The van der Waals surface area contributed by atoms with Gasteiger partial charge in [0, 0.05) is 23.2 Å². The van der Waals surface area contributed by atoms with Gasteiger partial charge in [0.1, 0.15) is 0 Å². The third-order valence-electron chi connectivity index (χ3n) is 2.82. The zero-order chi connectivity index (χ0) is 13.1. The Morgan fingerprint density at radius 3 is 2.61 bits per heavy atom. The molecular formula is C14H13Cl2NO. The Kier molecular flexibility index (Phi) is 4.10. The van der Waals surface area contributed by atoms with E-state index in [9.17, 15) is 4.79 Å². The Hall–Kier alpha value is -1.25. The number of aromatic nitrogens is 1. The molecule has 0 amide bonds. The number of carbonyl (C=O) groups excluding carboxylic acids is 1. The molecule has 1 aromatic carbocycles. The molecule has 0 atom stereocenters. The molecule has 1 aromatic heterocycles. The topological polar surface area (TPSA) is 32.9 Å². The lowest BCUT2D eigenvalue weighted by Gasteiger charge is -2.03. The van der Waals surface area contributed by atoms with Gasteiger partial charge in [0.2, 0.25) is 0 Å². The van der Waals surface area contributed by atoms with Crippen molar-refractivity contribution in [2.45, 2.75) is 19.8 Å². The van der Waals surface area contributed by atoms with Crippen LogP contribution < -0.4 is 0 Å². The molecule has 0 bridgehead atoms. The summed E-state index contributed by atoms with van der Waals surface area (Å²) in [6.07, 6.45) is 3.52. The van der Waals surface area contributed by atoms with Crippen molar-refractivity contribution in [3.05, 3.63) is 57.3 Å². The van der Waals surface area contributed by atoms with Crippen molar-refractivity contribution in [2.75, 3.05) is 0 Å². The van der Waals surface area contributed by atoms with Crippen LogP contribution >= 0.6 is 23.2 Å². The maximum absolute atomic E-state index is 11.2. The molecule has 4 heteroatoms. The molecule has 0 aliphatic heterocycles.